The summed E-state index contributed by atoms with van der Waals surface area (Å²) in [4.78, 5) is 36.7. The van der Waals surface area contributed by atoms with Gasteiger partial charge in [0.2, 0.25) is 11.8 Å². The Balaban J connectivity index is 1.76. The number of rotatable bonds is 10. The number of carbonyl (C=O) groups excluding carboxylic acids is 2. The highest BCUT2D eigenvalue weighted by Crippen LogP contribution is 2.22. The second-order valence-electron chi connectivity index (χ2n) is 7.11. The Morgan fingerprint density at radius 3 is 2.19 bits per heavy atom. The Bertz CT molecular complexity index is 615. The standard InChI is InChI=1S/C20H29N3O4/c24-18(21-11-16-7-3-1-4-8-16)13-23(15-20(26)27)14-19(25)22-12-17-9-5-2-6-10-17/h1,3-4,7-8,17H,2,5-6,9-15H2,(H,21,24)(H,22,25)(H,26,27). The fourth-order valence-corrected chi connectivity index (χ4v) is 3.32. The highest BCUT2D eigenvalue weighted by molar-refractivity contribution is 5.82. The molecule has 0 radical (unpaired) electrons. The lowest BCUT2D eigenvalue weighted by atomic mass is 9.89. The van der Waals surface area contributed by atoms with E-state index in [2.05, 4.69) is 10.6 Å². The third-order valence-electron chi connectivity index (χ3n) is 4.74. The number of hydrogen-bond acceptors (Lipinski definition) is 4. The van der Waals surface area contributed by atoms with Crippen LogP contribution in [0.1, 0.15) is 37.7 Å². The number of carbonyl (C=O) groups is 3. The van der Waals surface area contributed by atoms with Crippen LogP contribution < -0.4 is 10.6 Å². The summed E-state index contributed by atoms with van der Waals surface area (Å²) >= 11 is 0. The number of aliphatic carboxylic acids is 1. The van der Waals surface area contributed by atoms with E-state index in [1.54, 1.807) is 0 Å². The number of nitrogens with one attached hydrogen (secondary N) is 2. The van der Waals surface area contributed by atoms with E-state index in [1.807, 2.05) is 30.3 Å². The SMILES string of the molecule is O=C(O)CN(CC(=O)NCc1ccccc1)CC(=O)NCC1CCCCC1. The van der Waals surface area contributed by atoms with E-state index >= 15 is 0 Å². The number of benzene rings is 1. The average Bonchev–Trinajstić information content (AvgIpc) is 2.66. The summed E-state index contributed by atoms with van der Waals surface area (Å²) in [6, 6.07) is 9.46. The van der Waals surface area contributed by atoms with E-state index in [4.69, 9.17) is 5.11 Å². The molecule has 148 valence electrons. The number of carboxylic acids is 1. The van der Waals surface area contributed by atoms with Crippen LogP contribution >= 0.6 is 0 Å². The smallest absolute Gasteiger partial charge is 0.317 e. The summed E-state index contributed by atoms with van der Waals surface area (Å²) in [6.07, 6.45) is 5.91. The van der Waals surface area contributed by atoms with Crippen molar-refractivity contribution in [1.29, 1.82) is 0 Å². The molecule has 3 N–H and O–H groups in total. The molecule has 0 saturated heterocycles. The van der Waals surface area contributed by atoms with Crippen molar-refractivity contribution >= 4 is 17.8 Å². The number of amides is 2. The number of hydrogen-bond donors (Lipinski definition) is 3. The molecule has 1 saturated carbocycles. The van der Waals surface area contributed by atoms with Crippen LogP contribution in [0.4, 0.5) is 0 Å². The van der Waals surface area contributed by atoms with E-state index in [0.717, 1.165) is 18.4 Å². The van der Waals surface area contributed by atoms with E-state index in [9.17, 15) is 14.4 Å². The van der Waals surface area contributed by atoms with E-state index < -0.39 is 5.97 Å². The fraction of sp³-hybridized carbons (Fsp3) is 0.550. The zero-order chi connectivity index (χ0) is 19.5. The van der Waals surface area contributed by atoms with Crippen molar-refractivity contribution in [3.05, 3.63) is 35.9 Å². The van der Waals surface area contributed by atoms with Gasteiger partial charge in [0.1, 0.15) is 0 Å². The number of nitrogens with zero attached hydrogens (tertiary/aromatic N) is 1. The van der Waals surface area contributed by atoms with Crippen LogP contribution in [0.15, 0.2) is 30.3 Å². The van der Waals surface area contributed by atoms with Crippen LogP contribution in [0.5, 0.6) is 0 Å². The first-order valence-corrected chi connectivity index (χ1v) is 9.54. The van der Waals surface area contributed by atoms with Crippen LogP contribution in [0.3, 0.4) is 0 Å². The van der Waals surface area contributed by atoms with Gasteiger partial charge in [-0.3, -0.25) is 19.3 Å². The van der Waals surface area contributed by atoms with Crippen molar-refractivity contribution in [2.24, 2.45) is 5.92 Å². The predicted octanol–water partition coefficient (Wildman–Crippen LogP) is 1.39. The lowest BCUT2D eigenvalue weighted by Crippen LogP contribution is -2.45. The number of carboxylic acid groups (broad SMARTS) is 1. The Kier molecular flexibility index (Phi) is 8.77. The van der Waals surface area contributed by atoms with Gasteiger partial charge in [0.15, 0.2) is 0 Å². The summed E-state index contributed by atoms with van der Waals surface area (Å²) in [5, 5.41) is 14.7. The fourth-order valence-electron chi connectivity index (χ4n) is 3.32. The normalized spacial score (nSPS) is 14.7. The maximum atomic E-state index is 12.2. The van der Waals surface area contributed by atoms with Gasteiger partial charge in [-0.2, -0.15) is 0 Å². The maximum Gasteiger partial charge on any atom is 0.317 e. The molecule has 1 fully saturated rings. The molecule has 2 rings (SSSR count). The minimum absolute atomic E-state index is 0.0994. The van der Waals surface area contributed by atoms with Gasteiger partial charge < -0.3 is 15.7 Å². The first-order chi connectivity index (χ1) is 13.0. The molecule has 0 unspecified atom stereocenters. The van der Waals surface area contributed by atoms with Crippen LogP contribution in [0, 0.1) is 5.92 Å². The maximum absolute atomic E-state index is 12.2. The minimum atomic E-state index is -1.06. The van der Waals surface area contributed by atoms with E-state index in [0.29, 0.717) is 19.0 Å². The zero-order valence-electron chi connectivity index (χ0n) is 15.7. The molecule has 0 atom stereocenters. The molecule has 7 nitrogen and oxygen atoms in total. The van der Waals surface area contributed by atoms with Crippen molar-refractivity contribution < 1.29 is 19.5 Å². The summed E-state index contributed by atoms with van der Waals surface area (Å²) < 4.78 is 0. The molecular weight excluding hydrogens is 346 g/mol. The van der Waals surface area contributed by atoms with Crippen LogP contribution in [-0.2, 0) is 20.9 Å². The van der Waals surface area contributed by atoms with Gasteiger partial charge in [0.25, 0.3) is 0 Å². The van der Waals surface area contributed by atoms with Gasteiger partial charge >= 0.3 is 5.97 Å². The minimum Gasteiger partial charge on any atom is -0.480 e. The van der Waals surface area contributed by atoms with Crippen molar-refractivity contribution in [3.63, 3.8) is 0 Å². The third-order valence-corrected chi connectivity index (χ3v) is 4.74. The molecule has 0 aromatic heterocycles. The molecule has 1 aromatic carbocycles. The summed E-state index contributed by atoms with van der Waals surface area (Å²) in [6.45, 7) is 0.414. The molecule has 7 heteroatoms. The molecule has 0 heterocycles. The lowest BCUT2D eigenvalue weighted by molar-refractivity contribution is -0.139. The Hall–Kier alpha value is -2.41. The van der Waals surface area contributed by atoms with Gasteiger partial charge in [0.05, 0.1) is 19.6 Å². The molecule has 0 aliphatic heterocycles. The van der Waals surface area contributed by atoms with Crippen LogP contribution in [0.2, 0.25) is 0 Å². The van der Waals surface area contributed by atoms with Crippen LogP contribution in [0.25, 0.3) is 0 Å². The van der Waals surface area contributed by atoms with Crippen molar-refractivity contribution in [2.75, 3.05) is 26.2 Å². The summed E-state index contributed by atoms with van der Waals surface area (Å²) in [5.41, 5.74) is 0.959. The van der Waals surface area contributed by atoms with Crippen molar-refractivity contribution in [2.45, 2.75) is 38.6 Å². The van der Waals surface area contributed by atoms with Gasteiger partial charge in [-0.05, 0) is 24.3 Å². The molecule has 0 bridgehead atoms. The lowest BCUT2D eigenvalue weighted by Gasteiger charge is -2.23. The molecule has 27 heavy (non-hydrogen) atoms. The second kappa shape index (κ2) is 11.3. The molecule has 0 spiro atoms. The largest absolute Gasteiger partial charge is 0.480 e. The van der Waals surface area contributed by atoms with E-state index in [1.165, 1.54) is 24.2 Å². The average molecular weight is 375 g/mol. The second-order valence-corrected chi connectivity index (χ2v) is 7.11. The van der Waals surface area contributed by atoms with Gasteiger partial charge in [0, 0.05) is 13.1 Å². The molecule has 1 aromatic rings. The molecule has 2 amide bonds. The van der Waals surface area contributed by atoms with Gasteiger partial charge in [-0.15, -0.1) is 0 Å². The Morgan fingerprint density at radius 1 is 0.926 bits per heavy atom. The third kappa shape index (κ3) is 8.68. The zero-order valence-corrected chi connectivity index (χ0v) is 15.7. The summed E-state index contributed by atoms with van der Waals surface area (Å²) in [7, 11) is 0. The highest BCUT2D eigenvalue weighted by Gasteiger charge is 2.19. The Labute approximate surface area is 160 Å². The first-order valence-electron chi connectivity index (χ1n) is 9.54. The van der Waals surface area contributed by atoms with Crippen molar-refractivity contribution in [1.82, 2.24) is 15.5 Å². The van der Waals surface area contributed by atoms with Crippen molar-refractivity contribution in [3.8, 4) is 0 Å². The Morgan fingerprint density at radius 2 is 1.56 bits per heavy atom. The summed E-state index contributed by atoms with van der Waals surface area (Å²) in [5.74, 6) is -1.10. The monoisotopic (exact) mass is 375 g/mol. The quantitative estimate of drug-likeness (QED) is 0.574. The van der Waals surface area contributed by atoms with Crippen LogP contribution in [-0.4, -0.2) is 54.0 Å². The highest BCUT2D eigenvalue weighted by atomic mass is 16.4. The van der Waals surface area contributed by atoms with E-state index in [-0.39, 0.29) is 31.4 Å². The van der Waals surface area contributed by atoms with Gasteiger partial charge in [-0.25, -0.2) is 0 Å². The predicted molar refractivity (Wildman–Crippen MR) is 102 cm³/mol. The topological polar surface area (TPSA) is 98.7 Å². The van der Waals surface area contributed by atoms with Gasteiger partial charge in [-0.1, -0.05) is 49.6 Å². The molecule has 1 aliphatic carbocycles. The molecule has 1 aliphatic rings. The first kappa shape index (κ1) is 20.9. The molecular formula is C20H29N3O4.